The maximum atomic E-state index is 9.02. The second kappa shape index (κ2) is 5.47. The van der Waals surface area contributed by atoms with E-state index in [-0.39, 0.29) is 0 Å². The van der Waals surface area contributed by atoms with Crippen LogP contribution in [-0.4, -0.2) is 24.6 Å². The lowest BCUT2D eigenvalue weighted by molar-refractivity contribution is 0.212. The van der Waals surface area contributed by atoms with Crippen LogP contribution in [0.4, 0.5) is 0 Å². The van der Waals surface area contributed by atoms with Gasteiger partial charge in [-0.2, -0.15) is 5.26 Å². The van der Waals surface area contributed by atoms with Crippen molar-refractivity contribution in [3.63, 3.8) is 0 Å². The first-order valence-corrected chi connectivity index (χ1v) is 7.76. The SMILES string of the molecule is N#Cc1ccc2c(c1)OC[C@@H]1CN(Cc3ccccc3)C[C@H]21. The molecule has 22 heavy (non-hydrogen) atoms. The van der Waals surface area contributed by atoms with Crippen molar-refractivity contribution < 1.29 is 4.74 Å². The Bertz CT molecular complexity index is 720. The van der Waals surface area contributed by atoms with E-state index in [1.54, 1.807) is 0 Å². The fourth-order valence-corrected chi connectivity index (χ4v) is 3.68. The quantitative estimate of drug-likeness (QED) is 0.852. The van der Waals surface area contributed by atoms with E-state index < -0.39 is 0 Å². The third kappa shape index (κ3) is 2.36. The summed E-state index contributed by atoms with van der Waals surface area (Å²) in [5, 5.41) is 9.02. The lowest BCUT2D eigenvalue weighted by atomic mass is 9.86. The minimum absolute atomic E-state index is 0.528. The van der Waals surface area contributed by atoms with Crippen LogP contribution in [0.3, 0.4) is 0 Å². The fourth-order valence-electron chi connectivity index (χ4n) is 3.68. The van der Waals surface area contributed by atoms with E-state index in [4.69, 9.17) is 10.00 Å². The highest BCUT2D eigenvalue weighted by atomic mass is 16.5. The van der Waals surface area contributed by atoms with Gasteiger partial charge in [0, 0.05) is 31.5 Å². The first kappa shape index (κ1) is 13.4. The summed E-state index contributed by atoms with van der Waals surface area (Å²) in [6, 6.07) is 18.7. The molecule has 2 atom stereocenters. The predicted octanol–water partition coefficient (Wildman–Crippen LogP) is 3.17. The molecule has 0 bridgehead atoms. The molecule has 0 saturated carbocycles. The van der Waals surface area contributed by atoms with Gasteiger partial charge in [-0.05, 0) is 23.3 Å². The molecule has 2 aliphatic rings. The van der Waals surface area contributed by atoms with E-state index in [1.165, 1.54) is 11.1 Å². The molecule has 3 nitrogen and oxygen atoms in total. The number of fused-ring (bicyclic) bond motifs is 3. The number of hydrogen-bond donors (Lipinski definition) is 0. The number of likely N-dealkylation sites (tertiary alicyclic amines) is 1. The number of nitrogens with zero attached hydrogens (tertiary/aromatic N) is 2. The lowest BCUT2D eigenvalue weighted by Gasteiger charge is -2.27. The normalized spacial score (nSPS) is 23.2. The lowest BCUT2D eigenvalue weighted by Crippen LogP contribution is -2.25. The van der Waals surface area contributed by atoms with Crippen LogP contribution in [0.1, 0.15) is 22.6 Å². The van der Waals surface area contributed by atoms with E-state index in [0.29, 0.717) is 17.4 Å². The Morgan fingerprint density at radius 3 is 2.82 bits per heavy atom. The van der Waals surface area contributed by atoms with Crippen LogP contribution in [0.15, 0.2) is 48.5 Å². The molecule has 2 aromatic rings. The zero-order chi connectivity index (χ0) is 14.9. The molecule has 1 saturated heterocycles. The first-order valence-electron chi connectivity index (χ1n) is 7.76. The molecule has 0 aliphatic carbocycles. The maximum Gasteiger partial charge on any atom is 0.124 e. The van der Waals surface area contributed by atoms with Crippen molar-refractivity contribution in [1.29, 1.82) is 5.26 Å². The summed E-state index contributed by atoms with van der Waals surface area (Å²) in [6.07, 6.45) is 0. The summed E-state index contributed by atoms with van der Waals surface area (Å²) in [5.41, 5.74) is 3.31. The van der Waals surface area contributed by atoms with Crippen LogP contribution in [0.5, 0.6) is 5.75 Å². The van der Waals surface area contributed by atoms with Gasteiger partial charge in [0.2, 0.25) is 0 Å². The van der Waals surface area contributed by atoms with Crippen LogP contribution in [-0.2, 0) is 6.54 Å². The largest absolute Gasteiger partial charge is 0.493 e. The van der Waals surface area contributed by atoms with E-state index in [2.05, 4.69) is 47.4 Å². The Morgan fingerprint density at radius 2 is 2.00 bits per heavy atom. The van der Waals surface area contributed by atoms with Crippen molar-refractivity contribution in [2.75, 3.05) is 19.7 Å². The Kier molecular flexibility index (Phi) is 3.32. The second-order valence-electron chi connectivity index (χ2n) is 6.22. The van der Waals surface area contributed by atoms with Gasteiger partial charge in [-0.3, -0.25) is 4.90 Å². The van der Waals surface area contributed by atoms with Gasteiger partial charge in [0.15, 0.2) is 0 Å². The van der Waals surface area contributed by atoms with Crippen LogP contribution >= 0.6 is 0 Å². The van der Waals surface area contributed by atoms with E-state index in [9.17, 15) is 0 Å². The average molecular weight is 290 g/mol. The third-order valence-electron chi connectivity index (χ3n) is 4.76. The van der Waals surface area contributed by atoms with Gasteiger partial charge in [0.1, 0.15) is 5.75 Å². The molecule has 2 aromatic carbocycles. The van der Waals surface area contributed by atoms with Crippen LogP contribution < -0.4 is 4.74 Å². The van der Waals surface area contributed by atoms with Crippen molar-refractivity contribution in [2.45, 2.75) is 12.5 Å². The molecular formula is C19H18N2O. The van der Waals surface area contributed by atoms with Crippen molar-refractivity contribution in [3.05, 3.63) is 65.2 Å². The standard InChI is InChI=1S/C19H18N2O/c20-9-15-6-7-17-18-12-21(10-14-4-2-1-3-5-14)11-16(18)13-22-19(17)8-15/h1-8,16,18H,10-13H2/t16-,18-/m0/s1. The maximum absolute atomic E-state index is 9.02. The van der Waals surface area contributed by atoms with Gasteiger partial charge in [-0.15, -0.1) is 0 Å². The molecule has 0 radical (unpaired) electrons. The average Bonchev–Trinajstić information content (AvgIpc) is 2.98. The van der Waals surface area contributed by atoms with Gasteiger partial charge in [-0.25, -0.2) is 0 Å². The number of ether oxygens (including phenoxy) is 1. The second-order valence-corrected chi connectivity index (χ2v) is 6.22. The molecule has 0 spiro atoms. The number of hydrogen-bond acceptors (Lipinski definition) is 3. The Morgan fingerprint density at radius 1 is 1.14 bits per heavy atom. The van der Waals surface area contributed by atoms with Crippen molar-refractivity contribution in [2.24, 2.45) is 5.92 Å². The van der Waals surface area contributed by atoms with Crippen molar-refractivity contribution in [3.8, 4) is 11.8 Å². The summed E-state index contributed by atoms with van der Waals surface area (Å²) in [4.78, 5) is 2.52. The van der Waals surface area contributed by atoms with Gasteiger partial charge in [-0.1, -0.05) is 36.4 Å². The summed E-state index contributed by atoms with van der Waals surface area (Å²) < 4.78 is 5.90. The third-order valence-corrected chi connectivity index (χ3v) is 4.76. The highest BCUT2D eigenvalue weighted by Crippen LogP contribution is 2.42. The van der Waals surface area contributed by atoms with Gasteiger partial charge < -0.3 is 4.74 Å². The summed E-state index contributed by atoms with van der Waals surface area (Å²) in [7, 11) is 0. The smallest absolute Gasteiger partial charge is 0.124 e. The molecular weight excluding hydrogens is 272 g/mol. The first-order chi connectivity index (χ1) is 10.8. The topological polar surface area (TPSA) is 36.3 Å². The monoisotopic (exact) mass is 290 g/mol. The van der Waals surface area contributed by atoms with E-state index in [1.807, 2.05) is 12.1 Å². The highest BCUT2D eigenvalue weighted by molar-refractivity contribution is 5.46. The van der Waals surface area contributed by atoms with Gasteiger partial charge >= 0.3 is 0 Å². The molecule has 3 heteroatoms. The predicted molar refractivity (Wildman–Crippen MR) is 84.6 cm³/mol. The number of benzene rings is 2. The molecule has 110 valence electrons. The fraction of sp³-hybridized carbons (Fsp3) is 0.316. The van der Waals surface area contributed by atoms with Gasteiger partial charge in [0.05, 0.1) is 18.2 Å². The van der Waals surface area contributed by atoms with Crippen LogP contribution in [0.2, 0.25) is 0 Å². The minimum atomic E-state index is 0.528. The minimum Gasteiger partial charge on any atom is -0.493 e. The summed E-state index contributed by atoms with van der Waals surface area (Å²) >= 11 is 0. The Balaban J connectivity index is 1.54. The molecule has 2 heterocycles. The molecule has 0 N–H and O–H groups in total. The zero-order valence-corrected chi connectivity index (χ0v) is 12.4. The molecule has 2 aliphatic heterocycles. The molecule has 0 aromatic heterocycles. The molecule has 0 amide bonds. The summed E-state index contributed by atoms with van der Waals surface area (Å²) in [5.74, 6) is 1.99. The van der Waals surface area contributed by atoms with E-state index >= 15 is 0 Å². The van der Waals surface area contributed by atoms with Crippen LogP contribution in [0.25, 0.3) is 0 Å². The van der Waals surface area contributed by atoms with Crippen molar-refractivity contribution in [1.82, 2.24) is 4.90 Å². The number of nitriles is 1. The zero-order valence-electron chi connectivity index (χ0n) is 12.4. The Hall–Kier alpha value is -2.31. The molecule has 4 rings (SSSR count). The highest BCUT2D eigenvalue weighted by Gasteiger charge is 2.38. The van der Waals surface area contributed by atoms with E-state index in [0.717, 1.165) is 32.0 Å². The molecule has 1 fully saturated rings. The van der Waals surface area contributed by atoms with Crippen molar-refractivity contribution >= 4 is 0 Å². The summed E-state index contributed by atoms with van der Waals surface area (Å²) in [6.45, 7) is 3.91. The molecule has 0 unspecified atom stereocenters. The van der Waals surface area contributed by atoms with Gasteiger partial charge in [0.25, 0.3) is 0 Å². The number of rotatable bonds is 2. The Labute approximate surface area is 130 Å². The van der Waals surface area contributed by atoms with Crippen LogP contribution in [0, 0.1) is 17.2 Å².